The average molecular weight is 207 g/mol. The Morgan fingerprint density at radius 3 is 3.07 bits per heavy atom. The van der Waals surface area contributed by atoms with Gasteiger partial charge < -0.3 is 10.1 Å². The van der Waals surface area contributed by atoms with Crippen molar-refractivity contribution in [1.29, 1.82) is 0 Å². The molecule has 14 heavy (non-hydrogen) atoms. The average Bonchev–Trinajstić information content (AvgIpc) is 2.64. The van der Waals surface area contributed by atoms with E-state index in [4.69, 9.17) is 4.74 Å². The van der Waals surface area contributed by atoms with Crippen LogP contribution in [0.25, 0.3) is 10.1 Å². The third kappa shape index (κ3) is 1.70. The Balaban J connectivity index is 2.30. The predicted octanol–water partition coefficient (Wildman–Crippen LogP) is 2.62. The number of hydrogen-bond donors (Lipinski definition) is 1. The minimum atomic E-state index is -0.445. The van der Waals surface area contributed by atoms with Crippen LogP contribution < -0.4 is 10.1 Å². The molecule has 0 aliphatic carbocycles. The molecular weight excluding hydrogens is 198 g/mol. The van der Waals surface area contributed by atoms with Crippen LogP contribution in [0.3, 0.4) is 0 Å². The Morgan fingerprint density at radius 1 is 1.43 bits per heavy atom. The number of ether oxygens (including phenoxy) is 1. The molecule has 1 aromatic carbocycles. The summed E-state index contributed by atoms with van der Waals surface area (Å²) >= 11 is 1.66. The van der Waals surface area contributed by atoms with Gasteiger partial charge in [-0.3, -0.25) is 0 Å². The van der Waals surface area contributed by atoms with Crippen molar-refractivity contribution in [2.45, 2.75) is 0 Å². The van der Waals surface area contributed by atoms with Crippen LogP contribution in [0.2, 0.25) is 0 Å². The third-order valence-electron chi connectivity index (χ3n) is 1.84. The summed E-state index contributed by atoms with van der Waals surface area (Å²) < 4.78 is 6.18. The zero-order valence-electron chi connectivity index (χ0n) is 7.61. The lowest BCUT2D eigenvalue weighted by molar-refractivity contribution is 0.203. The molecule has 0 aliphatic heterocycles. The van der Waals surface area contributed by atoms with Gasteiger partial charge >= 0.3 is 6.09 Å². The quantitative estimate of drug-likeness (QED) is 0.780. The molecule has 2 rings (SSSR count). The van der Waals surface area contributed by atoms with E-state index in [0.717, 1.165) is 5.39 Å². The molecule has 1 N–H and O–H groups in total. The Morgan fingerprint density at radius 2 is 2.29 bits per heavy atom. The number of carbonyl (C=O) groups excluding carboxylic acids is 1. The van der Waals surface area contributed by atoms with E-state index in [1.165, 1.54) is 11.7 Å². The second-order valence-electron chi connectivity index (χ2n) is 2.76. The van der Waals surface area contributed by atoms with E-state index >= 15 is 0 Å². The topological polar surface area (TPSA) is 38.3 Å². The molecule has 0 bridgehead atoms. The SMILES string of the molecule is CNC(=O)Oc1ccc2sccc2c1. The summed E-state index contributed by atoms with van der Waals surface area (Å²) in [5, 5.41) is 5.50. The van der Waals surface area contributed by atoms with Crippen LogP contribution in [0.4, 0.5) is 4.79 Å². The number of amides is 1. The number of carbonyl (C=O) groups is 1. The highest BCUT2D eigenvalue weighted by Gasteiger charge is 2.02. The fraction of sp³-hybridized carbons (Fsp3) is 0.100. The number of nitrogens with one attached hydrogen (secondary N) is 1. The fourth-order valence-electron chi connectivity index (χ4n) is 1.17. The van der Waals surface area contributed by atoms with Gasteiger partial charge in [0.05, 0.1) is 0 Å². The Labute approximate surface area is 85.3 Å². The standard InChI is InChI=1S/C10H9NO2S/c1-11-10(12)13-8-2-3-9-7(6-8)4-5-14-9/h2-6H,1H3,(H,11,12). The first-order chi connectivity index (χ1) is 6.79. The van der Waals surface area contributed by atoms with Gasteiger partial charge in [-0.05, 0) is 35.0 Å². The second-order valence-corrected chi connectivity index (χ2v) is 3.71. The van der Waals surface area contributed by atoms with Gasteiger partial charge in [-0.15, -0.1) is 11.3 Å². The van der Waals surface area contributed by atoms with E-state index in [9.17, 15) is 4.79 Å². The highest BCUT2D eigenvalue weighted by atomic mass is 32.1. The maximum absolute atomic E-state index is 10.9. The maximum Gasteiger partial charge on any atom is 0.412 e. The molecule has 3 nitrogen and oxygen atoms in total. The summed E-state index contributed by atoms with van der Waals surface area (Å²) in [5.41, 5.74) is 0. The lowest BCUT2D eigenvalue weighted by Gasteiger charge is -2.02. The predicted molar refractivity (Wildman–Crippen MR) is 56.9 cm³/mol. The van der Waals surface area contributed by atoms with E-state index < -0.39 is 6.09 Å². The van der Waals surface area contributed by atoms with Crippen LogP contribution >= 0.6 is 11.3 Å². The Bertz CT molecular complexity index is 464. The van der Waals surface area contributed by atoms with Crippen molar-refractivity contribution in [3.05, 3.63) is 29.6 Å². The number of thiophene rings is 1. The van der Waals surface area contributed by atoms with Gasteiger partial charge in [-0.25, -0.2) is 4.79 Å². The molecule has 0 saturated heterocycles. The summed E-state index contributed by atoms with van der Waals surface area (Å²) in [7, 11) is 1.53. The van der Waals surface area contributed by atoms with Crippen molar-refractivity contribution in [2.75, 3.05) is 7.05 Å². The molecule has 1 amide bonds. The molecule has 0 atom stereocenters. The summed E-state index contributed by atoms with van der Waals surface area (Å²) in [6, 6.07) is 7.57. The van der Waals surface area contributed by atoms with Gasteiger partial charge in [0.2, 0.25) is 0 Å². The van der Waals surface area contributed by atoms with E-state index in [1.54, 1.807) is 17.4 Å². The van der Waals surface area contributed by atoms with Crippen LogP contribution in [0.1, 0.15) is 0 Å². The van der Waals surface area contributed by atoms with Crippen molar-refractivity contribution in [2.24, 2.45) is 0 Å². The van der Waals surface area contributed by atoms with Gasteiger partial charge in [0, 0.05) is 11.7 Å². The second kappa shape index (κ2) is 3.67. The lowest BCUT2D eigenvalue weighted by Crippen LogP contribution is -2.21. The minimum absolute atomic E-state index is 0.445. The van der Waals surface area contributed by atoms with Crippen LogP contribution in [0, 0.1) is 0 Å². The molecule has 0 spiro atoms. The lowest BCUT2D eigenvalue weighted by atomic mass is 10.2. The van der Waals surface area contributed by atoms with Crippen LogP contribution in [-0.2, 0) is 0 Å². The van der Waals surface area contributed by atoms with Crippen LogP contribution in [0.15, 0.2) is 29.6 Å². The van der Waals surface area contributed by atoms with E-state index in [0.29, 0.717) is 5.75 Å². The molecule has 0 radical (unpaired) electrons. The maximum atomic E-state index is 10.9. The highest BCUT2D eigenvalue weighted by molar-refractivity contribution is 7.17. The monoisotopic (exact) mass is 207 g/mol. The molecule has 1 aromatic heterocycles. The largest absolute Gasteiger partial charge is 0.412 e. The first-order valence-electron chi connectivity index (χ1n) is 4.16. The van der Waals surface area contributed by atoms with E-state index in [2.05, 4.69) is 5.32 Å². The molecule has 0 aliphatic rings. The van der Waals surface area contributed by atoms with E-state index in [1.807, 2.05) is 23.6 Å². The first kappa shape index (κ1) is 9.02. The summed E-state index contributed by atoms with van der Waals surface area (Å²) in [4.78, 5) is 10.9. The molecule has 0 unspecified atom stereocenters. The van der Waals surface area contributed by atoms with Crippen molar-refractivity contribution in [3.63, 3.8) is 0 Å². The summed E-state index contributed by atoms with van der Waals surface area (Å²) in [6.45, 7) is 0. The Hall–Kier alpha value is -1.55. The molecule has 1 heterocycles. The zero-order chi connectivity index (χ0) is 9.97. The van der Waals surface area contributed by atoms with Crippen molar-refractivity contribution in [3.8, 4) is 5.75 Å². The van der Waals surface area contributed by atoms with Gasteiger partial charge in [0.15, 0.2) is 0 Å². The van der Waals surface area contributed by atoms with Gasteiger partial charge in [0.1, 0.15) is 5.75 Å². The molecule has 0 fully saturated rings. The number of benzene rings is 1. The summed E-state index contributed by atoms with van der Waals surface area (Å²) in [5.74, 6) is 0.565. The van der Waals surface area contributed by atoms with Crippen LogP contribution in [0.5, 0.6) is 5.75 Å². The normalized spacial score (nSPS) is 10.1. The molecule has 2 aromatic rings. The van der Waals surface area contributed by atoms with E-state index in [-0.39, 0.29) is 0 Å². The van der Waals surface area contributed by atoms with Crippen LogP contribution in [-0.4, -0.2) is 13.1 Å². The van der Waals surface area contributed by atoms with Gasteiger partial charge in [-0.2, -0.15) is 0 Å². The molecular formula is C10H9NO2S. The van der Waals surface area contributed by atoms with Gasteiger partial charge in [0.25, 0.3) is 0 Å². The van der Waals surface area contributed by atoms with Crippen molar-refractivity contribution >= 4 is 27.5 Å². The number of hydrogen-bond acceptors (Lipinski definition) is 3. The smallest absolute Gasteiger partial charge is 0.410 e. The van der Waals surface area contributed by atoms with Crippen molar-refractivity contribution in [1.82, 2.24) is 5.32 Å². The first-order valence-corrected chi connectivity index (χ1v) is 5.04. The molecule has 4 heteroatoms. The third-order valence-corrected chi connectivity index (χ3v) is 2.74. The number of rotatable bonds is 1. The molecule has 72 valence electrons. The number of fused-ring (bicyclic) bond motifs is 1. The zero-order valence-corrected chi connectivity index (χ0v) is 8.43. The minimum Gasteiger partial charge on any atom is -0.410 e. The van der Waals surface area contributed by atoms with Gasteiger partial charge in [-0.1, -0.05) is 0 Å². The van der Waals surface area contributed by atoms with Crippen molar-refractivity contribution < 1.29 is 9.53 Å². The molecule has 0 saturated carbocycles. The summed E-state index contributed by atoms with van der Waals surface area (Å²) in [6.07, 6.45) is -0.445. The Kier molecular flexibility index (Phi) is 2.37. The highest BCUT2D eigenvalue weighted by Crippen LogP contribution is 2.25. The fourth-order valence-corrected chi connectivity index (χ4v) is 1.94.